The van der Waals surface area contributed by atoms with Crippen LogP contribution in [0.4, 0.5) is 0 Å². The second kappa shape index (κ2) is 21.8. The quantitative estimate of drug-likeness (QED) is 0.112. The highest BCUT2D eigenvalue weighted by molar-refractivity contribution is 5.70. The first-order valence-corrected chi connectivity index (χ1v) is 12.7. The molecule has 0 aromatic rings. The van der Waals surface area contributed by atoms with Crippen LogP contribution in [-0.4, -0.2) is 72.9 Å². The highest BCUT2D eigenvalue weighted by atomic mass is 16.6. The molecule has 0 saturated heterocycles. The number of carbonyl (C=O) groups excluding carboxylic acids is 3. The minimum Gasteiger partial charge on any atom is -0.465 e. The Hall–Kier alpha value is -1.71. The number of aliphatic hydroxyl groups excluding tert-OH is 3. The van der Waals surface area contributed by atoms with Crippen LogP contribution in [0.1, 0.15) is 96.8 Å². The summed E-state index contributed by atoms with van der Waals surface area (Å²) in [5.41, 5.74) is -0.825. The fourth-order valence-electron chi connectivity index (χ4n) is 3.20. The van der Waals surface area contributed by atoms with Crippen LogP contribution < -0.4 is 0 Å². The normalized spacial score (nSPS) is 11.3. The molecule has 0 bridgehead atoms. The maximum atomic E-state index is 12.2. The van der Waals surface area contributed by atoms with E-state index >= 15 is 0 Å². The minimum atomic E-state index is -0.825. The first kappa shape index (κ1) is 32.3. The number of carbonyl (C=O) groups is 3. The Kier molecular flexibility index (Phi) is 20.7. The number of ether oxygens (including phenoxy) is 3. The van der Waals surface area contributed by atoms with Gasteiger partial charge in [-0.1, -0.05) is 32.6 Å². The van der Waals surface area contributed by atoms with Crippen molar-refractivity contribution in [2.45, 2.75) is 96.8 Å². The summed E-state index contributed by atoms with van der Waals surface area (Å²) in [6.45, 7) is 2.12. The fourth-order valence-corrected chi connectivity index (χ4v) is 3.20. The zero-order valence-corrected chi connectivity index (χ0v) is 20.9. The van der Waals surface area contributed by atoms with E-state index in [0.717, 1.165) is 25.7 Å². The predicted octanol–water partition coefficient (Wildman–Crippen LogP) is 3.06. The average Bonchev–Trinajstić information content (AvgIpc) is 2.84. The van der Waals surface area contributed by atoms with Crippen LogP contribution in [0.15, 0.2) is 0 Å². The largest absolute Gasteiger partial charge is 0.465 e. The smallest absolute Gasteiger partial charge is 0.305 e. The first-order chi connectivity index (χ1) is 16.4. The lowest BCUT2D eigenvalue weighted by Crippen LogP contribution is -2.39. The van der Waals surface area contributed by atoms with Crippen LogP contribution in [-0.2, 0) is 28.6 Å². The summed E-state index contributed by atoms with van der Waals surface area (Å²) in [7, 11) is 0. The molecule has 9 nitrogen and oxygen atoms in total. The molecule has 0 spiro atoms. The predicted molar refractivity (Wildman–Crippen MR) is 127 cm³/mol. The van der Waals surface area contributed by atoms with Gasteiger partial charge in [0.1, 0.15) is 19.8 Å². The third-order valence-electron chi connectivity index (χ3n) is 5.74. The molecular weight excluding hydrogens is 444 g/mol. The Balaban J connectivity index is 4.77. The lowest BCUT2D eigenvalue weighted by molar-refractivity contribution is -0.162. The van der Waals surface area contributed by atoms with Crippen molar-refractivity contribution in [2.75, 3.05) is 39.6 Å². The fraction of sp³-hybridized carbons (Fsp3) is 0.880. The molecule has 0 radical (unpaired) electrons. The van der Waals surface area contributed by atoms with E-state index in [0.29, 0.717) is 44.9 Å². The van der Waals surface area contributed by atoms with Gasteiger partial charge in [-0.15, -0.1) is 0 Å². The van der Waals surface area contributed by atoms with Gasteiger partial charge in [-0.05, 0) is 44.9 Å². The van der Waals surface area contributed by atoms with E-state index in [1.165, 1.54) is 0 Å². The van der Waals surface area contributed by atoms with Gasteiger partial charge in [0.2, 0.25) is 0 Å². The van der Waals surface area contributed by atoms with Gasteiger partial charge in [0.25, 0.3) is 0 Å². The molecular formula is C25H46O9. The van der Waals surface area contributed by atoms with Gasteiger partial charge < -0.3 is 29.5 Å². The molecule has 0 atom stereocenters. The highest BCUT2D eigenvalue weighted by Gasteiger charge is 2.34. The summed E-state index contributed by atoms with van der Waals surface area (Å²) in [4.78, 5) is 36.5. The lowest BCUT2D eigenvalue weighted by atomic mass is 9.88. The second-order valence-corrected chi connectivity index (χ2v) is 8.79. The summed E-state index contributed by atoms with van der Waals surface area (Å²) in [6, 6.07) is 0. The Morgan fingerprint density at radius 1 is 0.529 bits per heavy atom. The molecule has 34 heavy (non-hydrogen) atoms. The number of hydrogen-bond donors (Lipinski definition) is 3. The second-order valence-electron chi connectivity index (χ2n) is 8.79. The van der Waals surface area contributed by atoms with Crippen LogP contribution in [0.25, 0.3) is 0 Å². The van der Waals surface area contributed by atoms with Gasteiger partial charge in [0.05, 0.1) is 5.41 Å². The van der Waals surface area contributed by atoms with Crippen LogP contribution in [0.3, 0.4) is 0 Å². The van der Waals surface area contributed by atoms with Crippen LogP contribution >= 0.6 is 0 Å². The SMILES string of the molecule is CCC(COC(=O)CCCCCO)(COC(=O)CCCCCO)COC(=O)CCCCCCO. The van der Waals surface area contributed by atoms with E-state index in [9.17, 15) is 14.4 Å². The van der Waals surface area contributed by atoms with Gasteiger partial charge in [0, 0.05) is 39.1 Å². The maximum absolute atomic E-state index is 12.2. The summed E-state index contributed by atoms with van der Waals surface area (Å²) in [5, 5.41) is 26.5. The minimum absolute atomic E-state index is 0.0193. The number of hydrogen-bond acceptors (Lipinski definition) is 9. The van der Waals surface area contributed by atoms with E-state index in [1.807, 2.05) is 6.92 Å². The van der Waals surface area contributed by atoms with E-state index < -0.39 is 5.41 Å². The van der Waals surface area contributed by atoms with E-state index in [4.69, 9.17) is 29.5 Å². The molecule has 0 fully saturated rings. The van der Waals surface area contributed by atoms with E-state index in [-0.39, 0.29) is 76.8 Å². The highest BCUT2D eigenvalue weighted by Crippen LogP contribution is 2.25. The van der Waals surface area contributed by atoms with Crippen molar-refractivity contribution in [3.63, 3.8) is 0 Å². The molecule has 0 unspecified atom stereocenters. The zero-order chi connectivity index (χ0) is 25.5. The zero-order valence-electron chi connectivity index (χ0n) is 20.9. The molecule has 0 aromatic carbocycles. The molecule has 3 N–H and O–H groups in total. The third-order valence-corrected chi connectivity index (χ3v) is 5.74. The Morgan fingerprint density at radius 2 is 0.824 bits per heavy atom. The monoisotopic (exact) mass is 490 g/mol. The van der Waals surface area contributed by atoms with Crippen LogP contribution in [0, 0.1) is 5.41 Å². The lowest BCUT2D eigenvalue weighted by Gasteiger charge is -2.31. The van der Waals surface area contributed by atoms with Crippen molar-refractivity contribution in [1.29, 1.82) is 0 Å². The molecule has 0 saturated carbocycles. The number of esters is 3. The van der Waals surface area contributed by atoms with Crippen molar-refractivity contribution >= 4 is 17.9 Å². The number of aliphatic hydroxyl groups is 3. The summed E-state index contributed by atoms with van der Waals surface area (Å²) < 4.78 is 16.4. The van der Waals surface area contributed by atoms with Gasteiger partial charge in [-0.3, -0.25) is 14.4 Å². The van der Waals surface area contributed by atoms with Gasteiger partial charge in [-0.25, -0.2) is 0 Å². The Bertz CT molecular complexity index is 508. The number of rotatable bonds is 23. The topological polar surface area (TPSA) is 140 Å². The first-order valence-electron chi connectivity index (χ1n) is 12.7. The molecule has 0 aliphatic rings. The van der Waals surface area contributed by atoms with Crippen molar-refractivity contribution in [1.82, 2.24) is 0 Å². The Labute approximate surface area is 204 Å². The summed E-state index contributed by atoms with van der Waals surface area (Å²) in [5.74, 6) is -1.10. The van der Waals surface area contributed by atoms with Crippen molar-refractivity contribution < 1.29 is 43.9 Å². The molecule has 0 heterocycles. The van der Waals surface area contributed by atoms with Crippen molar-refractivity contribution in [2.24, 2.45) is 5.41 Å². The molecule has 0 aliphatic carbocycles. The average molecular weight is 491 g/mol. The molecule has 9 heteroatoms. The van der Waals surface area contributed by atoms with E-state index in [1.54, 1.807) is 0 Å². The molecule has 0 aromatic heterocycles. The third kappa shape index (κ3) is 17.7. The van der Waals surface area contributed by atoms with Crippen molar-refractivity contribution in [3.8, 4) is 0 Å². The standard InChI is InChI=1S/C25H46O9/c1-2-25(20-33-23(30)14-8-5-11-17-27,21-34-24(31)15-9-6-12-18-28)19-32-22(29)13-7-3-4-10-16-26/h26-28H,2-21H2,1H3. The molecule has 0 rings (SSSR count). The molecule has 0 amide bonds. The number of unbranched alkanes of at least 4 members (excludes halogenated alkanes) is 7. The summed E-state index contributed by atoms with van der Waals surface area (Å²) >= 11 is 0. The summed E-state index contributed by atoms with van der Waals surface area (Å²) in [6.07, 6.45) is 8.24. The molecule has 0 aliphatic heterocycles. The molecule has 200 valence electrons. The maximum Gasteiger partial charge on any atom is 0.305 e. The van der Waals surface area contributed by atoms with Gasteiger partial charge in [0.15, 0.2) is 0 Å². The van der Waals surface area contributed by atoms with Gasteiger partial charge in [-0.2, -0.15) is 0 Å². The van der Waals surface area contributed by atoms with E-state index in [2.05, 4.69) is 0 Å². The van der Waals surface area contributed by atoms with Crippen LogP contribution in [0.5, 0.6) is 0 Å². The van der Waals surface area contributed by atoms with Gasteiger partial charge >= 0.3 is 17.9 Å². The Morgan fingerprint density at radius 3 is 1.12 bits per heavy atom. The van der Waals surface area contributed by atoms with Crippen LogP contribution in [0.2, 0.25) is 0 Å². The van der Waals surface area contributed by atoms with Crippen molar-refractivity contribution in [3.05, 3.63) is 0 Å².